The summed E-state index contributed by atoms with van der Waals surface area (Å²) in [6, 6.07) is 23.1. The van der Waals surface area contributed by atoms with Gasteiger partial charge in [-0.1, -0.05) is 53.5 Å². The number of piperazine rings is 1. The minimum absolute atomic E-state index is 0.0375. The van der Waals surface area contributed by atoms with Crippen LogP contribution in [0.4, 0.5) is 5.69 Å². The van der Waals surface area contributed by atoms with Gasteiger partial charge in [-0.3, -0.25) is 9.59 Å². The lowest BCUT2D eigenvalue weighted by atomic mass is 10.1. The topological polar surface area (TPSA) is 43.9 Å². The highest BCUT2D eigenvalue weighted by atomic mass is 35.5. The van der Waals surface area contributed by atoms with E-state index in [0.29, 0.717) is 36.0 Å². The first-order valence-corrected chi connectivity index (χ1v) is 13.3. The first kappa shape index (κ1) is 24.0. The normalized spacial score (nSPS) is 18.3. The molecule has 2 aliphatic heterocycles. The molecule has 5 rings (SSSR count). The molecule has 2 fully saturated rings. The second-order valence-electron chi connectivity index (χ2n) is 8.69. The third kappa shape index (κ3) is 5.45. The van der Waals surface area contributed by atoms with Gasteiger partial charge in [0, 0.05) is 54.0 Å². The van der Waals surface area contributed by atoms with Crippen molar-refractivity contribution in [3.8, 4) is 0 Å². The summed E-state index contributed by atoms with van der Waals surface area (Å²) in [6.45, 7) is 3.39. The molecule has 0 saturated carbocycles. The van der Waals surface area contributed by atoms with Crippen molar-refractivity contribution >= 4 is 52.5 Å². The van der Waals surface area contributed by atoms with Crippen LogP contribution in [0.25, 0.3) is 0 Å². The van der Waals surface area contributed by atoms with Crippen LogP contribution in [-0.2, 0) is 11.3 Å². The number of thioether (sulfide) groups is 1. The van der Waals surface area contributed by atoms with E-state index in [1.807, 2.05) is 82.6 Å². The third-order valence-corrected chi connectivity index (χ3v) is 8.16. The second-order valence-corrected chi connectivity index (χ2v) is 10.6. The Hall–Kier alpha value is -2.67. The molecule has 2 heterocycles. The van der Waals surface area contributed by atoms with Gasteiger partial charge in [0.05, 0.1) is 5.75 Å². The first-order chi connectivity index (χ1) is 17.0. The molecule has 0 aliphatic carbocycles. The van der Waals surface area contributed by atoms with Crippen molar-refractivity contribution in [1.82, 2.24) is 9.80 Å². The Balaban J connectivity index is 1.22. The van der Waals surface area contributed by atoms with E-state index in [0.717, 1.165) is 34.9 Å². The standard InChI is InChI=1S/C27H25Cl2N3O2S/c28-22-10-4-19(5-11-22)17-32-25(33)18-35-27(32)21-8-6-20(7-9-21)26(34)31-14-12-30(13-15-31)24-3-1-2-23(29)16-24/h1-11,16,27H,12-15,17-18H2/t27-/m1/s1. The first-order valence-electron chi connectivity index (χ1n) is 11.5. The van der Waals surface area contributed by atoms with Gasteiger partial charge in [-0.25, -0.2) is 0 Å². The Labute approximate surface area is 219 Å². The summed E-state index contributed by atoms with van der Waals surface area (Å²) in [5, 5.41) is 1.33. The van der Waals surface area contributed by atoms with Gasteiger partial charge in [0.25, 0.3) is 5.91 Å². The average Bonchev–Trinajstić information content (AvgIpc) is 3.25. The van der Waals surface area contributed by atoms with Crippen molar-refractivity contribution in [2.24, 2.45) is 0 Å². The van der Waals surface area contributed by atoms with E-state index in [1.54, 1.807) is 11.8 Å². The fourth-order valence-electron chi connectivity index (χ4n) is 4.50. The zero-order valence-corrected chi connectivity index (χ0v) is 21.4. The van der Waals surface area contributed by atoms with Gasteiger partial charge in [-0.2, -0.15) is 0 Å². The predicted molar refractivity (Wildman–Crippen MR) is 143 cm³/mol. The molecule has 1 atom stereocenters. The lowest BCUT2D eigenvalue weighted by molar-refractivity contribution is -0.128. The third-order valence-electron chi connectivity index (χ3n) is 6.42. The SMILES string of the molecule is O=C(c1ccc([C@H]2SCC(=O)N2Cc2ccc(Cl)cc2)cc1)N1CCN(c2cccc(Cl)c2)CC1. The Morgan fingerprint density at radius 1 is 0.886 bits per heavy atom. The smallest absolute Gasteiger partial charge is 0.253 e. The summed E-state index contributed by atoms with van der Waals surface area (Å²) in [7, 11) is 0. The Morgan fingerprint density at radius 3 is 2.29 bits per heavy atom. The number of hydrogen-bond acceptors (Lipinski definition) is 4. The number of hydrogen-bond donors (Lipinski definition) is 0. The molecule has 180 valence electrons. The molecule has 8 heteroatoms. The molecule has 35 heavy (non-hydrogen) atoms. The number of carbonyl (C=O) groups is 2. The van der Waals surface area contributed by atoms with Crippen LogP contribution in [0.15, 0.2) is 72.8 Å². The Kier molecular flexibility index (Phi) is 7.23. The molecular weight excluding hydrogens is 501 g/mol. The van der Waals surface area contributed by atoms with Crippen LogP contribution < -0.4 is 4.90 Å². The molecule has 3 aromatic rings. The maximum absolute atomic E-state index is 13.1. The molecule has 3 aromatic carbocycles. The molecular formula is C27H25Cl2N3O2S. The number of nitrogens with zero attached hydrogens (tertiary/aromatic N) is 3. The van der Waals surface area contributed by atoms with Gasteiger partial charge in [0.2, 0.25) is 5.91 Å². The van der Waals surface area contributed by atoms with Gasteiger partial charge in [0.1, 0.15) is 5.37 Å². The van der Waals surface area contributed by atoms with Crippen molar-refractivity contribution in [2.75, 3.05) is 36.8 Å². The zero-order valence-electron chi connectivity index (χ0n) is 19.1. The zero-order chi connectivity index (χ0) is 24.4. The largest absolute Gasteiger partial charge is 0.368 e. The molecule has 0 N–H and O–H groups in total. The summed E-state index contributed by atoms with van der Waals surface area (Å²) in [5.41, 5.74) is 3.82. The molecule has 2 aliphatic rings. The van der Waals surface area contributed by atoms with Gasteiger partial charge < -0.3 is 14.7 Å². The van der Waals surface area contributed by atoms with E-state index in [1.165, 1.54) is 0 Å². The van der Waals surface area contributed by atoms with Crippen LogP contribution in [-0.4, -0.2) is 53.5 Å². The number of benzene rings is 3. The van der Waals surface area contributed by atoms with Crippen LogP contribution in [0.5, 0.6) is 0 Å². The second kappa shape index (κ2) is 10.5. The van der Waals surface area contributed by atoms with Crippen LogP contribution in [0.2, 0.25) is 10.0 Å². The van der Waals surface area contributed by atoms with E-state index >= 15 is 0 Å². The van der Waals surface area contributed by atoms with Crippen LogP contribution >= 0.6 is 35.0 Å². The van der Waals surface area contributed by atoms with Crippen molar-refractivity contribution < 1.29 is 9.59 Å². The summed E-state index contributed by atoms with van der Waals surface area (Å²) in [5.74, 6) is 0.610. The Bertz CT molecular complexity index is 1210. The van der Waals surface area contributed by atoms with E-state index in [9.17, 15) is 9.59 Å². The fraction of sp³-hybridized carbons (Fsp3) is 0.259. The number of anilines is 1. The molecule has 0 bridgehead atoms. The van der Waals surface area contributed by atoms with Gasteiger partial charge >= 0.3 is 0 Å². The van der Waals surface area contributed by atoms with Crippen molar-refractivity contribution in [1.29, 1.82) is 0 Å². The molecule has 0 radical (unpaired) electrons. The van der Waals surface area contributed by atoms with Gasteiger partial charge in [-0.05, 0) is 53.6 Å². The number of halogens is 2. The molecule has 2 amide bonds. The van der Waals surface area contributed by atoms with E-state index in [4.69, 9.17) is 23.2 Å². The number of carbonyl (C=O) groups excluding carboxylic acids is 2. The maximum Gasteiger partial charge on any atom is 0.253 e. The van der Waals surface area contributed by atoms with Gasteiger partial charge in [0.15, 0.2) is 0 Å². The van der Waals surface area contributed by atoms with Crippen LogP contribution in [0.1, 0.15) is 26.9 Å². The highest BCUT2D eigenvalue weighted by Crippen LogP contribution is 2.39. The molecule has 0 aromatic heterocycles. The predicted octanol–water partition coefficient (Wildman–Crippen LogP) is 5.73. The summed E-state index contributed by atoms with van der Waals surface area (Å²) in [6.07, 6.45) is 0. The van der Waals surface area contributed by atoms with Crippen LogP contribution in [0.3, 0.4) is 0 Å². The lowest BCUT2D eigenvalue weighted by Gasteiger charge is -2.36. The van der Waals surface area contributed by atoms with Crippen molar-refractivity contribution in [3.05, 3.63) is 99.5 Å². The highest BCUT2D eigenvalue weighted by Gasteiger charge is 2.33. The van der Waals surface area contributed by atoms with Crippen molar-refractivity contribution in [3.63, 3.8) is 0 Å². The maximum atomic E-state index is 13.1. The van der Waals surface area contributed by atoms with E-state index in [-0.39, 0.29) is 17.2 Å². The monoisotopic (exact) mass is 525 g/mol. The fourth-order valence-corrected chi connectivity index (χ4v) is 6.00. The minimum Gasteiger partial charge on any atom is -0.368 e. The van der Waals surface area contributed by atoms with Crippen molar-refractivity contribution in [2.45, 2.75) is 11.9 Å². The van der Waals surface area contributed by atoms with E-state index in [2.05, 4.69) is 4.90 Å². The summed E-state index contributed by atoms with van der Waals surface area (Å²) in [4.78, 5) is 31.7. The average molecular weight is 526 g/mol. The summed E-state index contributed by atoms with van der Waals surface area (Å²) < 4.78 is 0. The molecule has 5 nitrogen and oxygen atoms in total. The Morgan fingerprint density at radius 2 is 1.60 bits per heavy atom. The quantitative estimate of drug-likeness (QED) is 0.426. The molecule has 2 saturated heterocycles. The van der Waals surface area contributed by atoms with Crippen LogP contribution in [0, 0.1) is 0 Å². The molecule has 0 unspecified atom stereocenters. The number of amides is 2. The highest BCUT2D eigenvalue weighted by molar-refractivity contribution is 8.00. The minimum atomic E-state index is -0.0661. The summed E-state index contributed by atoms with van der Waals surface area (Å²) >= 11 is 13.7. The van der Waals surface area contributed by atoms with Gasteiger partial charge in [-0.15, -0.1) is 11.8 Å². The van der Waals surface area contributed by atoms with E-state index < -0.39 is 0 Å². The number of rotatable bonds is 5. The lowest BCUT2D eigenvalue weighted by Crippen LogP contribution is -2.48. The molecule has 0 spiro atoms.